The first-order valence-electron chi connectivity index (χ1n) is 5.71. The average Bonchev–Trinajstić information content (AvgIpc) is 2.89. The lowest BCUT2D eigenvalue weighted by atomic mass is 9.97. The zero-order valence-corrected chi connectivity index (χ0v) is 9.25. The number of hydrogen-bond donors (Lipinski definition) is 1. The molecule has 0 radical (unpaired) electrons. The Bertz CT molecular complexity index is 230. The highest BCUT2D eigenvalue weighted by Gasteiger charge is 2.44. The average molecular weight is 213 g/mol. The van der Waals surface area contributed by atoms with E-state index in [0.29, 0.717) is 19.3 Å². The van der Waals surface area contributed by atoms with Crippen LogP contribution in [0.25, 0.3) is 0 Å². The Kier molecular flexibility index (Phi) is 3.26. The molecule has 1 atom stereocenters. The van der Waals surface area contributed by atoms with Gasteiger partial charge < -0.3 is 9.47 Å². The van der Waals surface area contributed by atoms with Crippen LogP contribution in [0.4, 0.5) is 0 Å². The van der Waals surface area contributed by atoms with Crippen molar-refractivity contribution in [3.05, 3.63) is 0 Å². The zero-order valence-electron chi connectivity index (χ0n) is 9.25. The molecule has 0 spiro atoms. The molecule has 0 aromatic rings. The van der Waals surface area contributed by atoms with Crippen LogP contribution in [0.2, 0.25) is 0 Å². The Hall–Kier alpha value is -0.610. The summed E-state index contributed by atoms with van der Waals surface area (Å²) in [6.45, 7) is 1.10. The third kappa shape index (κ3) is 2.16. The SMILES string of the molecule is COC(=O)C1(NC2CCCC2)CCOC1. The monoisotopic (exact) mass is 213 g/mol. The van der Waals surface area contributed by atoms with Crippen molar-refractivity contribution < 1.29 is 14.3 Å². The number of nitrogens with one attached hydrogen (secondary N) is 1. The van der Waals surface area contributed by atoms with Gasteiger partial charge in [-0.1, -0.05) is 12.8 Å². The summed E-state index contributed by atoms with van der Waals surface area (Å²) in [5.74, 6) is -0.174. The Morgan fingerprint density at radius 2 is 2.20 bits per heavy atom. The maximum absolute atomic E-state index is 11.8. The van der Waals surface area contributed by atoms with E-state index in [2.05, 4.69) is 5.32 Å². The van der Waals surface area contributed by atoms with E-state index >= 15 is 0 Å². The molecule has 2 aliphatic rings. The fraction of sp³-hybridized carbons (Fsp3) is 0.909. The van der Waals surface area contributed by atoms with Gasteiger partial charge in [0.25, 0.3) is 0 Å². The molecule has 4 heteroatoms. The lowest BCUT2D eigenvalue weighted by Crippen LogP contribution is -2.56. The molecule has 1 N–H and O–H groups in total. The standard InChI is InChI=1S/C11H19NO3/c1-14-10(13)11(6-7-15-8-11)12-9-4-2-3-5-9/h9,12H,2-8H2,1H3. The first kappa shape index (κ1) is 10.9. The van der Waals surface area contributed by atoms with Gasteiger partial charge >= 0.3 is 5.97 Å². The van der Waals surface area contributed by atoms with Crippen LogP contribution in [0.3, 0.4) is 0 Å². The number of carbonyl (C=O) groups is 1. The molecule has 1 saturated heterocycles. The van der Waals surface area contributed by atoms with Crippen molar-refractivity contribution in [1.82, 2.24) is 5.32 Å². The first-order chi connectivity index (χ1) is 7.27. The van der Waals surface area contributed by atoms with Crippen LogP contribution in [-0.2, 0) is 14.3 Å². The van der Waals surface area contributed by atoms with E-state index in [-0.39, 0.29) is 5.97 Å². The highest BCUT2D eigenvalue weighted by molar-refractivity contribution is 5.81. The van der Waals surface area contributed by atoms with E-state index in [1.807, 2.05) is 0 Å². The van der Waals surface area contributed by atoms with Crippen molar-refractivity contribution in [2.24, 2.45) is 0 Å². The highest BCUT2D eigenvalue weighted by atomic mass is 16.5. The molecule has 1 aliphatic carbocycles. The summed E-state index contributed by atoms with van der Waals surface area (Å²) in [5.41, 5.74) is -0.566. The van der Waals surface area contributed by atoms with Gasteiger partial charge in [0.1, 0.15) is 5.54 Å². The molecule has 1 aliphatic heterocycles. The van der Waals surface area contributed by atoms with Gasteiger partial charge in [-0.05, 0) is 12.8 Å². The topological polar surface area (TPSA) is 47.6 Å². The fourth-order valence-corrected chi connectivity index (χ4v) is 2.55. The van der Waals surface area contributed by atoms with Crippen molar-refractivity contribution in [3.63, 3.8) is 0 Å². The molecule has 1 unspecified atom stereocenters. The van der Waals surface area contributed by atoms with Crippen molar-refractivity contribution in [1.29, 1.82) is 0 Å². The molecule has 15 heavy (non-hydrogen) atoms. The molecule has 2 fully saturated rings. The summed E-state index contributed by atoms with van der Waals surface area (Å²) in [6.07, 6.45) is 5.58. The Morgan fingerprint density at radius 3 is 2.73 bits per heavy atom. The number of hydrogen-bond acceptors (Lipinski definition) is 4. The van der Waals surface area contributed by atoms with Crippen LogP contribution < -0.4 is 5.32 Å². The summed E-state index contributed by atoms with van der Waals surface area (Å²) in [4.78, 5) is 11.8. The van der Waals surface area contributed by atoms with Crippen molar-refractivity contribution >= 4 is 5.97 Å². The third-order valence-electron chi connectivity index (χ3n) is 3.43. The number of esters is 1. The molecular weight excluding hydrogens is 194 g/mol. The number of methoxy groups -OCH3 is 1. The molecule has 1 saturated carbocycles. The summed E-state index contributed by atoms with van der Waals surface area (Å²) in [5, 5.41) is 3.44. The molecular formula is C11H19NO3. The number of carbonyl (C=O) groups excluding carboxylic acids is 1. The molecule has 2 rings (SSSR count). The normalized spacial score (nSPS) is 32.1. The minimum atomic E-state index is -0.566. The highest BCUT2D eigenvalue weighted by Crippen LogP contribution is 2.26. The maximum atomic E-state index is 11.8. The summed E-state index contributed by atoms with van der Waals surface area (Å²) in [7, 11) is 1.44. The van der Waals surface area contributed by atoms with Crippen LogP contribution in [0, 0.1) is 0 Å². The molecule has 0 bridgehead atoms. The van der Waals surface area contributed by atoms with E-state index in [1.54, 1.807) is 0 Å². The second kappa shape index (κ2) is 4.49. The largest absolute Gasteiger partial charge is 0.468 e. The first-order valence-corrected chi connectivity index (χ1v) is 5.71. The quantitative estimate of drug-likeness (QED) is 0.706. The van der Waals surface area contributed by atoms with Crippen LogP contribution >= 0.6 is 0 Å². The van der Waals surface area contributed by atoms with Crippen LogP contribution in [0.5, 0.6) is 0 Å². The second-order valence-electron chi connectivity index (χ2n) is 4.50. The number of ether oxygens (including phenoxy) is 2. The van der Waals surface area contributed by atoms with Crippen molar-refractivity contribution in [2.75, 3.05) is 20.3 Å². The smallest absolute Gasteiger partial charge is 0.328 e. The van der Waals surface area contributed by atoms with E-state index in [1.165, 1.54) is 32.8 Å². The molecule has 0 aromatic heterocycles. The molecule has 1 heterocycles. The van der Waals surface area contributed by atoms with E-state index < -0.39 is 5.54 Å². The number of rotatable bonds is 3. The lowest BCUT2D eigenvalue weighted by Gasteiger charge is -2.29. The molecule has 0 aromatic carbocycles. The van der Waals surface area contributed by atoms with Gasteiger partial charge in [0.15, 0.2) is 0 Å². The Labute approximate surface area is 90.3 Å². The van der Waals surface area contributed by atoms with Gasteiger partial charge in [-0.2, -0.15) is 0 Å². The predicted molar refractivity (Wildman–Crippen MR) is 55.6 cm³/mol. The Morgan fingerprint density at radius 1 is 1.47 bits per heavy atom. The molecule has 4 nitrogen and oxygen atoms in total. The minimum absolute atomic E-state index is 0.174. The van der Waals surface area contributed by atoms with Crippen molar-refractivity contribution in [3.8, 4) is 0 Å². The second-order valence-corrected chi connectivity index (χ2v) is 4.50. The van der Waals surface area contributed by atoms with E-state index in [0.717, 1.165) is 6.42 Å². The van der Waals surface area contributed by atoms with Gasteiger partial charge in [-0.15, -0.1) is 0 Å². The van der Waals surface area contributed by atoms with Gasteiger partial charge in [-0.3, -0.25) is 5.32 Å². The van der Waals surface area contributed by atoms with Gasteiger partial charge in [0.2, 0.25) is 0 Å². The Balaban J connectivity index is 2.01. The fourth-order valence-electron chi connectivity index (χ4n) is 2.55. The summed E-state index contributed by atoms with van der Waals surface area (Å²) < 4.78 is 10.2. The van der Waals surface area contributed by atoms with Crippen LogP contribution in [0.15, 0.2) is 0 Å². The zero-order chi connectivity index (χ0) is 10.7. The summed E-state index contributed by atoms with van der Waals surface area (Å²) in [6, 6.07) is 0.464. The molecule has 0 amide bonds. The van der Waals surface area contributed by atoms with Gasteiger partial charge in [-0.25, -0.2) is 4.79 Å². The third-order valence-corrected chi connectivity index (χ3v) is 3.43. The van der Waals surface area contributed by atoms with E-state index in [9.17, 15) is 4.79 Å². The maximum Gasteiger partial charge on any atom is 0.328 e. The van der Waals surface area contributed by atoms with Gasteiger partial charge in [0.05, 0.1) is 13.7 Å². The van der Waals surface area contributed by atoms with E-state index in [4.69, 9.17) is 9.47 Å². The predicted octanol–water partition coefficient (Wildman–Crippen LogP) is 0.851. The van der Waals surface area contributed by atoms with Gasteiger partial charge in [0, 0.05) is 19.1 Å². The lowest BCUT2D eigenvalue weighted by molar-refractivity contribution is -0.149. The van der Waals surface area contributed by atoms with Crippen LogP contribution in [0.1, 0.15) is 32.1 Å². The minimum Gasteiger partial charge on any atom is -0.468 e. The van der Waals surface area contributed by atoms with Crippen LogP contribution in [-0.4, -0.2) is 37.9 Å². The summed E-state index contributed by atoms with van der Waals surface area (Å²) >= 11 is 0. The van der Waals surface area contributed by atoms with Crippen molar-refractivity contribution in [2.45, 2.75) is 43.7 Å². The molecule has 86 valence electrons.